The molecular formula is C12H19NO2. The maximum atomic E-state index is 5.60. The van der Waals surface area contributed by atoms with Crippen LogP contribution >= 0.6 is 0 Å². The second-order valence-corrected chi connectivity index (χ2v) is 3.67. The Bertz CT molecular complexity index is 314. The highest BCUT2D eigenvalue weighted by Gasteiger charge is 2.28. The first-order valence-corrected chi connectivity index (χ1v) is 5.06. The van der Waals surface area contributed by atoms with Gasteiger partial charge in [-0.15, -0.1) is 0 Å². The Labute approximate surface area is 91.2 Å². The van der Waals surface area contributed by atoms with E-state index in [-0.39, 0.29) is 5.60 Å². The Balaban J connectivity index is 3.10. The van der Waals surface area contributed by atoms with Gasteiger partial charge in [0.05, 0.1) is 12.7 Å². The number of hydrogen-bond donors (Lipinski definition) is 1. The predicted molar refractivity (Wildman–Crippen MR) is 61.0 cm³/mol. The summed E-state index contributed by atoms with van der Waals surface area (Å²) < 4.78 is 10.9. The van der Waals surface area contributed by atoms with Crippen LogP contribution in [-0.2, 0) is 10.3 Å². The van der Waals surface area contributed by atoms with Crippen LogP contribution in [0.15, 0.2) is 24.3 Å². The third-order valence-corrected chi connectivity index (χ3v) is 2.75. The smallest absolute Gasteiger partial charge is 0.124 e. The van der Waals surface area contributed by atoms with Gasteiger partial charge in [0.15, 0.2) is 0 Å². The average molecular weight is 209 g/mol. The van der Waals surface area contributed by atoms with Crippen molar-refractivity contribution < 1.29 is 9.47 Å². The van der Waals surface area contributed by atoms with Crippen molar-refractivity contribution in [3.63, 3.8) is 0 Å². The second kappa shape index (κ2) is 5.14. The number of para-hydroxylation sites is 1. The molecule has 0 aliphatic heterocycles. The Hall–Kier alpha value is -1.06. The lowest BCUT2D eigenvalue weighted by Crippen LogP contribution is -2.28. The molecule has 3 nitrogen and oxygen atoms in total. The predicted octanol–water partition coefficient (Wildman–Crippen LogP) is 1.91. The summed E-state index contributed by atoms with van der Waals surface area (Å²) in [6.07, 6.45) is 0.768. The first-order chi connectivity index (χ1) is 7.18. The molecule has 0 radical (unpaired) electrons. The zero-order chi connectivity index (χ0) is 11.3. The molecule has 1 aromatic carbocycles. The van der Waals surface area contributed by atoms with Gasteiger partial charge < -0.3 is 15.2 Å². The minimum Gasteiger partial charge on any atom is -0.496 e. The van der Waals surface area contributed by atoms with Gasteiger partial charge in [0, 0.05) is 12.7 Å². The highest BCUT2D eigenvalue weighted by Crippen LogP contribution is 2.34. The highest BCUT2D eigenvalue weighted by atomic mass is 16.5. The van der Waals surface area contributed by atoms with Crippen LogP contribution < -0.4 is 10.5 Å². The monoisotopic (exact) mass is 209 g/mol. The molecule has 84 valence electrons. The van der Waals surface area contributed by atoms with Crippen LogP contribution in [0.3, 0.4) is 0 Å². The SMILES string of the molecule is COc1ccccc1C(C)(CCN)OC. The van der Waals surface area contributed by atoms with Crippen molar-refractivity contribution in [2.75, 3.05) is 20.8 Å². The molecule has 0 bridgehead atoms. The van der Waals surface area contributed by atoms with E-state index in [0.29, 0.717) is 6.54 Å². The van der Waals surface area contributed by atoms with E-state index in [1.54, 1.807) is 14.2 Å². The molecule has 0 saturated carbocycles. The summed E-state index contributed by atoms with van der Waals surface area (Å²) in [4.78, 5) is 0. The van der Waals surface area contributed by atoms with Gasteiger partial charge >= 0.3 is 0 Å². The lowest BCUT2D eigenvalue weighted by molar-refractivity contribution is -0.00514. The Morgan fingerprint density at radius 1 is 1.27 bits per heavy atom. The zero-order valence-corrected chi connectivity index (χ0v) is 9.62. The third kappa shape index (κ3) is 2.49. The molecule has 0 saturated heterocycles. The van der Waals surface area contributed by atoms with Crippen molar-refractivity contribution in [1.29, 1.82) is 0 Å². The number of benzene rings is 1. The van der Waals surface area contributed by atoms with Crippen molar-refractivity contribution >= 4 is 0 Å². The first-order valence-electron chi connectivity index (χ1n) is 5.06. The van der Waals surface area contributed by atoms with E-state index in [0.717, 1.165) is 17.7 Å². The summed E-state index contributed by atoms with van der Waals surface area (Å²) in [6, 6.07) is 7.87. The van der Waals surface area contributed by atoms with Gasteiger partial charge in [-0.2, -0.15) is 0 Å². The summed E-state index contributed by atoms with van der Waals surface area (Å²) in [5.41, 5.74) is 6.27. The third-order valence-electron chi connectivity index (χ3n) is 2.75. The van der Waals surface area contributed by atoms with Gasteiger partial charge in [-0.05, 0) is 26.0 Å². The molecule has 0 heterocycles. The van der Waals surface area contributed by atoms with Gasteiger partial charge in [-0.3, -0.25) is 0 Å². The standard InChI is InChI=1S/C12H19NO2/c1-12(15-3,8-9-13)10-6-4-5-7-11(10)14-2/h4-7H,8-9,13H2,1-3H3. The summed E-state index contributed by atoms with van der Waals surface area (Å²) >= 11 is 0. The van der Waals surface area contributed by atoms with E-state index in [2.05, 4.69) is 0 Å². The quantitative estimate of drug-likeness (QED) is 0.805. The van der Waals surface area contributed by atoms with Crippen molar-refractivity contribution in [2.45, 2.75) is 18.9 Å². The number of nitrogens with two attached hydrogens (primary N) is 1. The highest BCUT2D eigenvalue weighted by molar-refractivity contribution is 5.37. The topological polar surface area (TPSA) is 44.5 Å². The van der Waals surface area contributed by atoms with Crippen LogP contribution in [-0.4, -0.2) is 20.8 Å². The lowest BCUT2D eigenvalue weighted by atomic mass is 9.91. The molecular weight excluding hydrogens is 190 g/mol. The van der Waals surface area contributed by atoms with Crippen molar-refractivity contribution in [2.24, 2.45) is 5.73 Å². The Kier molecular flexibility index (Phi) is 4.12. The van der Waals surface area contributed by atoms with Crippen LogP contribution in [0.4, 0.5) is 0 Å². The molecule has 2 N–H and O–H groups in total. The van der Waals surface area contributed by atoms with Crippen LogP contribution in [0, 0.1) is 0 Å². The molecule has 0 aromatic heterocycles. The molecule has 3 heteroatoms. The molecule has 1 unspecified atom stereocenters. The Morgan fingerprint density at radius 2 is 1.93 bits per heavy atom. The maximum Gasteiger partial charge on any atom is 0.124 e. The molecule has 0 aliphatic carbocycles. The summed E-state index contributed by atoms with van der Waals surface area (Å²) in [6.45, 7) is 2.61. The van der Waals surface area contributed by atoms with E-state index in [9.17, 15) is 0 Å². The minimum atomic E-state index is -0.374. The second-order valence-electron chi connectivity index (χ2n) is 3.67. The number of ether oxygens (including phenoxy) is 2. The Morgan fingerprint density at radius 3 is 2.47 bits per heavy atom. The van der Waals surface area contributed by atoms with E-state index in [1.807, 2.05) is 31.2 Å². The fraction of sp³-hybridized carbons (Fsp3) is 0.500. The van der Waals surface area contributed by atoms with E-state index in [1.165, 1.54) is 0 Å². The van der Waals surface area contributed by atoms with Gasteiger partial charge in [0.2, 0.25) is 0 Å². The summed E-state index contributed by atoms with van der Waals surface area (Å²) in [5, 5.41) is 0. The van der Waals surface area contributed by atoms with Crippen LogP contribution in [0.5, 0.6) is 5.75 Å². The van der Waals surface area contributed by atoms with Crippen molar-refractivity contribution in [3.8, 4) is 5.75 Å². The fourth-order valence-corrected chi connectivity index (χ4v) is 1.70. The molecule has 0 amide bonds. The summed E-state index contributed by atoms with van der Waals surface area (Å²) in [7, 11) is 3.36. The molecule has 0 aliphatic rings. The van der Waals surface area contributed by atoms with Crippen LogP contribution in [0.1, 0.15) is 18.9 Å². The molecule has 0 spiro atoms. The van der Waals surface area contributed by atoms with Crippen LogP contribution in [0.25, 0.3) is 0 Å². The summed E-state index contributed by atoms with van der Waals surface area (Å²) in [5.74, 6) is 0.843. The normalized spacial score (nSPS) is 14.7. The van der Waals surface area contributed by atoms with E-state index in [4.69, 9.17) is 15.2 Å². The van der Waals surface area contributed by atoms with Crippen molar-refractivity contribution in [1.82, 2.24) is 0 Å². The zero-order valence-electron chi connectivity index (χ0n) is 9.62. The average Bonchev–Trinajstić information content (AvgIpc) is 2.29. The molecule has 1 aromatic rings. The molecule has 0 fully saturated rings. The van der Waals surface area contributed by atoms with Gasteiger partial charge in [-0.1, -0.05) is 18.2 Å². The number of methoxy groups -OCH3 is 2. The van der Waals surface area contributed by atoms with Crippen LogP contribution in [0.2, 0.25) is 0 Å². The van der Waals surface area contributed by atoms with E-state index >= 15 is 0 Å². The number of rotatable bonds is 5. The fourth-order valence-electron chi connectivity index (χ4n) is 1.70. The molecule has 1 atom stereocenters. The van der Waals surface area contributed by atoms with Crippen molar-refractivity contribution in [3.05, 3.63) is 29.8 Å². The van der Waals surface area contributed by atoms with Gasteiger partial charge in [0.25, 0.3) is 0 Å². The largest absolute Gasteiger partial charge is 0.496 e. The first kappa shape index (κ1) is 12.0. The number of hydrogen-bond acceptors (Lipinski definition) is 3. The lowest BCUT2D eigenvalue weighted by Gasteiger charge is -2.29. The minimum absolute atomic E-state index is 0.374. The van der Waals surface area contributed by atoms with Gasteiger partial charge in [0.1, 0.15) is 5.75 Å². The molecule has 15 heavy (non-hydrogen) atoms. The molecule has 1 rings (SSSR count). The maximum absolute atomic E-state index is 5.60. The van der Waals surface area contributed by atoms with Gasteiger partial charge in [-0.25, -0.2) is 0 Å². The van der Waals surface area contributed by atoms with E-state index < -0.39 is 0 Å².